The summed E-state index contributed by atoms with van der Waals surface area (Å²) in [5.41, 5.74) is 8.32. The fourth-order valence-corrected chi connectivity index (χ4v) is 7.67. The molecule has 0 bridgehead atoms. The third-order valence-electron chi connectivity index (χ3n) is 5.54. The lowest BCUT2D eigenvalue weighted by atomic mass is 10.0. The highest BCUT2D eigenvalue weighted by Crippen LogP contribution is 2.48. The number of benzene rings is 2. The Bertz CT molecular complexity index is 1330. The van der Waals surface area contributed by atoms with E-state index in [0.29, 0.717) is 21.5 Å². The number of thiazole rings is 1. The Kier molecular flexibility index (Phi) is 6.54. The van der Waals surface area contributed by atoms with Crippen molar-refractivity contribution in [3.05, 3.63) is 76.8 Å². The van der Waals surface area contributed by atoms with Crippen molar-refractivity contribution in [2.45, 2.75) is 22.0 Å². The minimum Gasteiger partial charge on any atom is -0.477 e. The number of carbonyl (C=O) groups is 3. The summed E-state index contributed by atoms with van der Waals surface area (Å²) in [6, 6.07) is 18.0. The van der Waals surface area contributed by atoms with Crippen LogP contribution in [0.5, 0.6) is 0 Å². The average Bonchev–Trinajstić information content (AvgIpc) is 3.23. The van der Waals surface area contributed by atoms with Crippen LogP contribution in [0.4, 0.5) is 5.13 Å². The van der Waals surface area contributed by atoms with Gasteiger partial charge in [-0.05, 0) is 5.56 Å². The Morgan fingerprint density at radius 3 is 2.51 bits per heavy atom. The summed E-state index contributed by atoms with van der Waals surface area (Å²) < 4.78 is 0.766. The predicted octanol–water partition coefficient (Wildman–Crippen LogP) is 3.42. The number of thioether (sulfide) groups is 2. The Hall–Kier alpha value is -3.28. The van der Waals surface area contributed by atoms with E-state index in [0.717, 1.165) is 15.3 Å². The molecule has 3 aromatic rings. The predicted molar refractivity (Wildman–Crippen MR) is 138 cm³/mol. The third-order valence-corrected chi connectivity index (χ3v) is 9.14. The fraction of sp³-hybridized carbons (Fsp3) is 0.167. The molecule has 1 fully saturated rings. The van der Waals surface area contributed by atoms with E-state index in [4.69, 9.17) is 5.73 Å². The Labute approximate surface area is 213 Å². The molecule has 2 aliphatic rings. The molecule has 0 spiro atoms. The van der Waals surface area contributed by atoms with Gasteiger partial charge in [-0.1, -0.05) is 83.8 Å². The maximum absolute atomic E-state index is 13.0. The van der Waals surface area contributed by atoms with E-state index >= 15 is 0 Å². The van der Waals surface area contributed by atoms with Gasteiger partial charge in [0.25, 0.3) is 5.91 Å². The first-order valence-electron chi connectivity index (χ1n) is 10.7. The average molecular weight is 525 g/mol. The molecule has 1 saturated heterocycles. The fourth-order valence-electron chi connectivity index (χ4n) is 3.96. The molecule has 2 aromatic carbocycles. The molecule has 0 radical (unpaired) electrons. The quantitative estimate of drug-likeness (QED) is 0.402. The Morgan fingerprint density at radius 2 is 1.83 bits per heavy atom. The van der Waals surface area contributed by atoms with Crippen LogP contribution in [-0.2, 0) is 20.8 Å². The van der Waals surface area contributed by atoms with E-state index in [9.17, 15) is 19.5 Å². The highest BCUT2D eigenvalue weighted by atomic mass is 32.2. The lowest BCUT2D eigenvalue weighted by Crippen LogP contribution is -2.70. The number of carbonyl (C=O) groups excluding carboxylic acids is 2. The summed E-state index contributed by atoms with van der Waals surface area (Å²) in [6.45, 7) is 0. The van der Waals surface area contributed by atoms with Gasteiger partial charge in [-0.25, -0.2) is 9.78 Å². The van der Waals surface area contributed by atoms with Crippen molar-refractivity contribution < 1.29 is 19.5 Å². The minimum absolute atomic E-state index is 0.0525. The number of carboxylic acid groups (broad SMARTS) is 1. The van der Waals surface area contributed by atoms with Gasteiger partial charge in [0, 0.05) is 16.2 Å². The van der Waals surface area contributed by atoms with Crippen molar-refractivity contribution >= 4 is 57.8 Å². The molecule has 35 heavy (non-hydrogen) atoms. The first-order valence-corrected chi connectivity index (χ1v) is 13.3. The number of anilines is 1. The lowest BCUT2D eigenvalue weighted by Gasteiger charge is -2.49. The van der Waals surface area contributed by atoms with Gasteiger partial charge in [-0.3, -0.25) is 14.5 Å². The van der Waals surface area contributed by atoms with Crippen LogP contribution >= 0.6 is 34.9 Å². The summed E-state index contributed by atoms with van der Waals surface area (Å²) in [6.07, 6.45) is 0.153. The number of fused-ring (bicyclic) bond motifs is 1. The molecular weight excluding hydrogens is 504 g/mol. The van der Waals surface area contributed by atoms with Crippen LogP contribution in [-0.4, -0.2) is 49.9 Å². The summed E-state index contributed by atoms with van der Waals surface area (Å²) in [7, 11) is 0. The number of carboxylic acids is 1. The van der Waals surface area contributed by atoms with Crippen molar-refractivity contribution in [3.63, 3.8) is 0 Å². The topological polar surface area (TPSA) is 126 Å². The number of β-lactam (4-membered cyclic amide) rings is 1. The van der Waals surface area contributed by atoms with Crippen LogP contribution in [0.25, 0.3) is 11.3 Å². The highest BCUT2D eigenvalue weighted by Gasteiger charge is 2.54. The molecule has 0 saturated carbocycles. The Morgan fingerprint density at radius 1 is 1.14 bits per heavy atom. The van der Waals surface area contributed by atoms with Crippen LogP contribution in [0.15, 0.2) is 75.5 Å². The van der Waals surface area contributed by atoms with Crippen molar-refractivity contribution in [3.8, 4) is 11.3 Å². The largest absolute Gasteiger partial charge is 0.477 e. The number of nitrogen functional groups attached to an aromatic ring is 1. The van der Waals surface area contributed by atoms with Crippen LogP contribution < -0.4 is 11.1 Å². The van der Waals surface area contributed by atoms with Crippen molar-refractivity contribution in [1.82, 2.24) is 15.2 Å². The first kappa shape index (κ1) is 23.5. The van der Waals surface area contributed by atoms with Gasteiger partial charge < -0.3 is 16.2 Å². The van der Waals surface area contributed by atoms with E-state index in [2.05, 4.69) is 10.3 Å². The molecule has 3 heterocycles. The number of hydrogen-bond donors (Lipinski definition) is 3. The van der Waals surface area contributed by atoms with E-state index in [-0.39, 0.29) is 18.0 Å². The van der Waals surface area contributed by atoms with Gasteiger partial charge >= 0.3 is 5.97 Å². The maximum Gasteiger partial charge on any atom is 0.353 e. The Balaban J connectivity index is 1.36. The molecule has 178 valence electrons. The molecule has 2 aliphatic heterocycles. The molecular formula is C24H20N4O4S3. The first-order chi connectivity index (χ1) is 16.9. The van der Waals surface area contributed by atoms with Gasteiger partial charge in [0.2, 0.25) is 5.91 Å². The summed E-state index contributed by atoms with van der Waals surface area (Å²) >= 11 is 3.99. The number of rotatable bonds is 7. The molecule has 4 N–H and O–H groups in total. The van der Waals surface area contributed by atoms with Gasteiger partial charge in [0.05, 0.1) is 16.3 Å². The van der Waals surface area contributed by atoms with Crippen LogP contribution in [0.2, 0.25) is 0 Å². The normalized spacial score (nSPS) is 19.2. The van der Waals surface area contributed by atoms with Gasteiger partial charge in [-0.2, -0.15) is 0 Å². The zero-order valence-corrected chi connectivity index (χ0v) is 20.7. The molecule has 2 atom stereocenters. The number of aliphatic carboxylic acids is 1. The van der Waals surface area contributed by atoms with Crippen molar-refractivity contribution in [2.24, 2.45) is 0 Å². The van der Waals surface area contributed by atoms with Crippen LogP contribution in [0.3, 0.4) is 0 Å². The van der Waals surface area contributed by atoms with E-state index < -0.39 is 23.3 Å². The maximum atomic E-state index is 13.0. The van der Waals surface area contributed by atoms with Gasteiger partial charge in [0.1, 0.15) is 17.1 Å². The highest BCUT2D eigenvalue weighted by molar-refractivity contribution is 8.07. The summed E-state index contributed by atoms with van der Waals surface area (Å²) in [5.74, 6) is -1.49. The second-order valence-electron chi connectivity index (χ2n) is 7.85. The zero-order chi connectivity index (χ0) is 24.5. The monoisotopic (exact) mass is 524 g/mol. The van der Waals surface area contributed by atoms with E-state index in [1.807, 2.05) is 60.7 Å². The minimum atomic E-state index is -1.18. The number of nitrogens with one attached hydrogen (secondary N) is 1. The molecule has 11 heteroatoms. The number of nitrogens with zero attached hydrogens (tertiary/aromatic N) is 2. The third kappa shape index (κ3) is 4.66. The standard InChI is InChI=1S/C24H20N4O4S3/c25-24-27-17(14-9-5-2-6-10-14)23(35-24)34-15-12-33-21-18(20(30)28(21)19(15)22(31)32)26-16(29)11-13-7-3-1-4-8-13/h1-10,18,21H,11-12H2,(H2,25,27)(H,26,29)(H,31,32)/t18-,21-/m1/s1. The molecule has 2 amide bonds. The van der Waals surface area contributed by atoms with E-state index in [1.165, 1.54) is 39.8 Å². The number of hydrogen-bond acceptors (Lipinski definition) is 8. The molecule has 0 unspecified atom stereocenters. The van der Waals surface area contributed by atoms with Gasteiger partial charge in [0.15, 0.2) is 5.13 Å². The number of nitrogens with two attached hydrogens (primary N) is 1. The molecule has 8 nitrogen and oxygen atoms in total. The van der Waals surface area contributed by atoms with Crippen molar-refractivity contribution in [1.29, 1.82) is 0 Å². The lowest BCUT2D eigenvalue weighted by molar-refractivity contribution is -0.150. The molecule has 5 rings (SSSR count). The second-order valence-corrected chi connectivity index (χ2v) is 11.3. The molecule has 1 aromatic heterocycles. The summed E-state index contributed by atoms with van der Waals surface area (Å²) in [5, 5.41) is 12.7. The smallest absolute Gasteiger partial charge is 0.353 e. The molecule has 0 aliphatic carbocycles. The summed E-state index contributed by atoms with van der Waals surface area (Å²) in [4.78, 5) is 43.9. The SMILES string of the molecule is Nc1nc(-c2ccccc2)c(SC2=C(C(=O)O)N3C(=O)[C@@H](NC(=O)Cc4ccccc4)[C@H]3SC2)s1. The second kappa shape index (κ2) is 9.76. The number of aromatic nitrogens is 1. The van der Waals surface area contributed by atoms with Gasteiger partial charge in [-0.15, -0.1) is 11.8 Å². The number of amides is 2. The van der Waals surface area contributed by atoms with Crippen molar-refractivity contribution in [2.75, 3.05) is 11.5 Å². The van der Waals surface area contributed by atoms with Crippen LogP contribution in [0.1, 0.15) is 5.56 Å². The van der Waals surface area contributed by atoms with E-state index in [1.54, 1.807) is 0 Å². The van der Waals surface area contributed by atoms with Crippen LogP contribution in [0, 0.1) is 0 Å². The zero-order valence-electron chi connectivity index (χ0n) is 18.2.